The van der Waals surface area contributed by atoms with Crippen LogP contribution in [-0.2, 0) is 6.18 Å². The number of alkyl halides is 3. The smallest absolute Gasteiger partial charge is 0.423 e. The Morgan fingerprint density at radius 3 is 2.43 bits per heavy atom. The van der Waals surface area contributed by atoms with Crippen molar-refractivity contribution in [1.29, 1.82) is 0 Å². The predicted octanol–water partition coefficient (Wildman–Crippen LogP) is 4.02. The van der Waals surface area contributed by atoms with Gasteiger partial charge in [0.05, 0.1) is 11.5 Å². The van der Waals surface area contributed by atoms with Gasteiger partial charge >= 0.3 is 6.18 Å². The minimum atomic E-state index is -4.78. The molecule has 0 bridgehead atoms. The van der Waals surface area contributed by atoms with E-state index in [2.05, 4.69) is 5.32 Å². The zero-order valence-corrected chi connectivity index (χ0v) is 13.3. The normalized spacial score (nSPS) is 20.1. The SMILES string of the molecule is CC.CNC1CC(COc2ccc([N+](=O)[O-])c(C(F)(F)F)c2)C1. The van der Waals surface area contributed by atoms with Gasteiger partial charge in [-0.15, -0.1) is 0 Å². The monoisotopic (exact) mass is 334 g/mol. The third kappa shape index (κ3) is 5.09. The van der Waals surface area contributed by atoms with Crippen molar-refractivity contribution >= 4 is 5.69 Å². The van der Waals surface area contributed by atoms with Gasteiger partial charge in [0.15, 0.2) is 0 Å². The highest BCUT2D eigenvalue weighted by Gasteiger charge is 2.38. The van der Waals surface area contributed by atoms with Crippen molar-refractivity contribution in [2.45, 2.75) is 38.9 Å². The maximum Gasteiger partial charge on any atom is 0.423 e. The van der Waals surface area contributed by atoms with Crippen molar-refractivity contribution in [2.24, 2.45) is 5.92 Å². The van der Waals surface area contributed by atoms with Crippen LogP contribution >= 0.6 is 0 Å². The summed E-state index contributed by atoms with van der Waals surface area (Å²) in [5.74, 6) is 0.299. The highest BCUT2D eigenvalue weighted by atomic mass is 19.4. The first kappa shape index (κ1) is 19.2. The van der Waals surface area contributed by atoms with Crippen LogP contribution in [0.2, 0.25) is 0 Å². The standard InChI is InChI=1S/C13H15F3N2O3.C2H6/c1-17-9-4-8(5-9)7-21-10-2-3-12(18(19)20)11(6-10)13(14,15)16;1-2/h2-3,6,8-9,17H,4-5,7H2,1H3;1-2H3. The van der Waals surface area contributed by atoms with Gasteiger partial charge in [-0.3, -0.25) is 10.1 Å². The maximum atomic E-state index is 12.8. The summed E-state index contributed by atoms with van der Waals surface area (Å²) in [5, 5.41) is 13.7. The molecule has 1 fully saturated rings. The topological polar surface area (TPSA) is 64.4 Å². The van der Waals surface area contributed by atoms with E-state index in [-0.39, 0.29) is 5.75 Å². The van der Waals surface area contributed by atoms with Crippen molar-refractivity contribution in [1.82, 2.24) is 5.32 Å². The van der Waals surface area contributed by atoms with Gasteiger partial charge in [-0.1, -0.05) is 13.8 Å². The number of benzene rings is 1. The summed E-state index contributed by atoms with van der Waals surface area (Å²) in [5.41, 5.74) is -2.25. The summed E-state index contributed by atoms with van der Waals surface area (Å²) in [4.78, 5) is 9.58. The third-order valence-corrected chi connectivity index (χ3v) is 3.60. The van der Waals surface area contributed by atoms with E-state index >= 15 is 0 Å². The van der Waals surface area contributed by atoms with Crippen LogP contribution < -0.4 is 10.1 Å². The molecule has 23 heavy (non-hydrogen) atoms. The van der Waals surface area contributed by atoms with E-state index in [1.165, 1.54) is 6.07 Å². The quantitative estimate of drug-likeness (QED) is 0.652. The van der Waals surface area contributed by atoms with Crippen molar-refractivity contribution in [3.8, 4) is 5.75 Å². The van der Waals surface area contributed by atoms with Crippen LogP contribution in [-0.4, -0.2) is 24.6 Å². The molecule has 2 rings (SSSR count). The molecule has 5 nitrogen and oxygen atoms in total. The van der Waals surface area contributed by atoms with Gasteiger partial charge in [-0.05, 0) is 37.9 Å². The third-order valence-electron chi connectivity index (χ3n) is 3.60. The largest absolute Gasteiger partial charge is 0.493 e. The molecule has 0 atom stereocenters. The minimum Gasteiger partial charge on any atom is -0.493 e. The zero-order chi connectivity index (χ0) is 17.6. The Bertz CT molecular complexity index is 529. The van der Waals surface area contributed by atoms with E-state index in [0.717, 1.165) is 18.9 Å². The molecule has 0 amide bonds. The van der Waals surface area contributed by atoms with Gasteiger partial charge in [-0.25, -0.2) is 0 Å². The van der Waals surface area contributed by atoms with Gasteiger partial charge in [-0.2, -0.15) is 13.2 Å². The number of halogens is 3. The molecule has 1 aliphatic carbocycles. The average molecular weight is 334 g/mol. The Hall–Kier alpha value is -1.83. The molecule has 1 saturated carbocycles. The van der Waals surface area contributed by atoms with Crippen molar-refractivity contribution in [2.75, 3.05) is 13.7 Å². The van der Waals surface area contributed by atoms with Crippen molar-refractivity contribution < 1.29 is 22.8 Å². The number of nitro benzene ring substituents is 1. The minimum absolute atomic E-state index is 0.000771. The lowest BCUT2D eigenvalue weighted by molar-refractivity contribution is -0.388. The van der Waals surface area contributed by atoms with E-state index in [4.69, 9.17) is 4.74 Å². The Morgan fingerprint density at radius 2 is 1.96 bits per heavy atom. The summed E-state index contributed by atoms with van der Waals surface area (Å²) in [6, 6.07) is 3.14. The number of nitro groups is 1. The summed E-state index contributed by atoms with van der Waals surface area (Å²) in [6.45, 7) is 4.31. The number of ether oxygens (including phenoxy) is 1. The molecule has 8 heteroatoms. The second-order valence-corrected chi connectivity index (χ2v) is 5.07. The molecule has 1 aromatic carbocycles. The van der Waals surface area contributed by atoms with Gasteiger partial charge < -0.3 is 10.1 Å². The molecule has 1 aromatic rings. The van der Waals surface area contributed by atoms with Crippen LogP contribution in [0.3, 0.4) is 0 Å². The Labute approximate surface area is 133 Å². The number of hydrogen-bond acceptors (Lipinski definition) is 4. The second-order valence-electron chi connectivity index (χ2n) is 5.07. The first-order valence-corrected chi connectivity index (χ1v) is 7.47. The molecule has 0 aliphatic heterocycles. The highest BCUT2D eigenvalue weighted by Crippen LogP contribution is 2.38. The van der Waals surface area contributed by atoms with Crippen LogP contribution in [0.5, 0.6) is 5.75 Å². The highest BCUT2D eigenvalue weighted by molar-refractivity contribution is 5.46. The molecular weight excluding hydrogens is 313 g/mol. The first-order chi connectivity index (χ1) is 10.8. The van der Waals surface area contributed by atoms with Crippen LogP contribution in [0, 0.1) is 16.0 Å². The molecule has 0 heterocycles. The molecule has 0 spiro atoms. The van der Waals surface area contributed by atoms with E-state index in [1.807, 2.05) is 20.9 Å². The van der Waals surface area contributed by atoms with Crippen molar-refractivity contribution in [3.63, 3.8) is 0 Å². The van der Waals surface area contributed by atoms with E-state index < -0.39 is 22.4 Å². The number of nitrogens with one attached hydrogen (secondary N) is 1. The van der Waals surface area contributed by atoms with Gasteiger partial charge in [0, 0.05) is 12.1 Å². The molecule has 1 N–H and O–H groups in total. The molecule has 0 unspecified atom stereocenters. The fourth-order valence-corrected chi connectivity index (χ4v) is 2.31. The van der Waals surface area contributed by atoms with Crippen LogP contribution in [0.15, 0.2) is 18.2 Å². The van der Waals surface area contributed by atoms with E-state index in [9.17, 15) is 23.3 Å². The summed E-state index contributed by atoms with van der Waals surface area (Å²) >= 11 is 0. The van der Waals surface area contributed by atoms with Gasteiger partial charge in [0.2, 0.25) is 0 Å². The van der Waals surface area contributed by atoms with Gasteiger partial charge in [0.1, 0.15) is 11.3 Å². The summed E-state index contributed by atoms with van der Waals surface area (Å²) in [7, 11) is 1.85. The molecule has 1 aliphatic rings. The number of hydrogen-bond donors (Lipinski definition) is 1. The first-order valence-electron chi connectivity index (χ1n) is 7.47. The lowest BCUT2D eigenvalue weighted by Gasteiger charge is -2.34. The molecule has 0 saturated heterocycles. The molecule has 0 radical (unpaired) electrons. The molecule has 0 aromatic heterocycles. The Morgan fingerprint density at radius 1 is 1.35 bits per heavy atom. The fraction of sp³-hybridized carbons (Fsp3) is 0.600. The van der Waals surface area contributed by atoms with Crippen molar-refractivity contribution in [3.05, 3.63) is 33.9 Å². The Balaban J connectivity index is 0.00000127. The zero-order valence-electron chi connectivity index (χ0n) is 13.3. The lowest BCUT2D eigenvalue weighted by atomic mass is 9.81. The van der Waals surface area contributed by atoms with E-state index in [0.29, 0.717) is 24.6 Å². The van der Waals surface area contributed by atoms with Crippen LogP contribution in [0.4, 0.5) is 18.9 Å². The second kappa shape index (κ2) is 8.14. The fourth-order valence-electron chi connectivity index (χ4n) is 2.31. The predicted molar refractivity (Wildman–Crippen MR) is 80.5 cm³/mol. The maximum absolute atomic E-state index is 12.8. The lowest BCUT2D eigenvalue weighted by Crippen LogP contribution is -2.41. The number of rotatable bonds is 5. The van der Waals surface area contributed by atoms with Crippen LogP contribution in [0.25, 0.3) is 0 Å². The average Bonchev–Trinajstić information content (AvgIpc) is 2.46. The molecule has 130 valence electrons. The Kier molecular flexibility index (Phi) is 6.80. The van der Waals surface area contributed by atoms with E-state index in [1.54, 1.807) is 0 Å². The van der Waals surface area contributed by atoms with Gasteiger partial charge in [0.25, 0.3) is 5.69 Å². The van der Waals surface area contributed by atoms with Crippen LogP contribution in [0.1, 0.15) is 32.3 Å². The number of nitrogens with zero attached hydrogens (tertiary/aromatic N) is 1. The molecular formula is C15H21F3N2O3. The summed E-state index contributed by atoms with van der Waals surface area (Å²) in [6.07, 6.45) is -2.96. The summed E-state index contributed by atoms with van der Waals surface area (Å²) < 4.78 is 43.7.